The van der Waals surface area contributed by atoms with E-state index in [1.54, 1.807) is 0 Å². The fourth-order valence-corrected chi connectivity index (χ4v) is 1.27. The van der Waals surface area contributed by atoms with Crippen molar-refractivity contribution in [1.29, 1.82) is 0 Å². The van der Waals surface area contributed by atoms with Crippen molar-refractivity contribution in [1.82, 2.24) is 5.32 Å². The quantitative estimate of drug-likeness (QED) is 0.517. The minimum absolute atomic E-state index is 0.727. The van der Waals surface area contributed by atoms with Gasteiger partial charge in [0.1, 0.15) is 5.82 Å². The summed E-state index contributed by atoms with van der Waals surface area (Å²) in [5.74, 6) is 0.727. The molecule has 0 amide bonds. The highest BCUT2D eigenvalue weighted by Crippen LogP contribution is 2.14. The standard InChI is InChI=1S/C11H16N2/c1-4-5-6-7-11-8-12-10(3)13-9(11)2/h4,8,13H,1,3,5-7H2,2H3. The molecule has 0 saturated heterocycles. The molecule has 1 aliphatic heterocycles. The number of rotatable bonds is 4. The molecule has 1 heterocycles. The average Bonchev–Trinajstić information content (AvgIpc) is 2.09. The summed E-state index contributed by atoms with van der Waals surface area (Å²) in [7, 11) is 0. The Hall–Kier alpha value is -1.31. The van der Waals surface area contributed by atoms with Gasteiger partial charge >= 0.3 is 0 Å². The van der Waals surface area contributed by atoms with Gasteiger partial charge in [0.2, 0.25) is 0 Å². The highest BCUT2D eigenvalue weighted by Gasteiger charge is 2.05. The fourth-order valence-electron chi connectivity index (χ4n) is 1.27. The second kappa shape index (κ2) is 4.65. The van der Waals surface area contributed by atoms with E-state index in [4.69, 9.17) is 0 Å². The van der Waals surface area contributed by atoms with Crippen LogP contribution in [0, 0.1) is 0 Å². The van der Waals surface area contributed by atoms with Crippen LogP contribution in [0.3, 0.4) is 0 Å². The molecule has 0 aliphatic carbocycles. The number of nitrogens with zero attached hydrogens (tertiary/aromatic N) is 1. The third-order valence-electron chi connectivity index (χ3n) is 2.04. The predicted molar refractivity (Wildman–Crippen MR) is 57.5 cm³/mol. The molecule has 1 aliphatic rings. The zero-order valence-corrected chi connectivity index (χ0v) is 8.14. The van der Waals surface area contributed by atoms with Crippen LogP contribution >= 0.6 is 0 Å². The topological polar surface area (TPSA) is 24.4 Å². The minimum Gasteiger partial charge on any atom is -0.344 e. The number of nitrogens with one attached hydrogen (secondary N) is 1. The number of aliphatic imine (C=N–C) groups is 1. The maximum atomic E-state index is 4.13. The molecule has 1 rings (SSSR count). The highest BCUT2D eigenvalue weighted by atomic mass is 15.0. The van der Waals surface area contributed by atoms with Crippen molar-refractivity contribution in [3.63, 3.8) is 0 Å². The van der Waals surface area contributed by atoms with Crippen LogP contribution in [-0.4, -0.2) is 6.21 Å². The molecule has 0 aromatic heterocycles. The molecule has 1 N–H and O–H groups in total. The van der Waals surface area contributed by atoms with Gasteiger partial charge in [-0.15, -0.1) is 6.58 Å². The zero-order chi connectivity index (χ0) is 9.68. The molecule has 0 unspecified atom stereocenters. The predicted octanol–water partition coefficient (Wildman–Crippen LogP) is 2.76. The van der Waals surface area contributed by atoms with Gasteiger partial charge in [0, 0.05) is 11.9 Å². The van der Waals surface area contributed by atoms with Gasteiger partial charge in [-0.05, 0) is 31.8 Å². The van der Waals surface area contributed by atoms with Gasteiger partial charge in [-0.2, -0.15) is 0 Å². The summed E-state index contributed by atoms with van der Waals surface area (Å²) in [5, 5.41) is 3.12. The van der Waals surface area contributed by atoms with Gasteiger partial charge in [-0.3, -0.25) is 0 Å². The maximum Gasteiger partial charge on any atom is 0.122 e. The average molecular weight is 176 g/mol. The number of allylic oxidation sites excluding steroid dienone is 3. The van der Waals surface area contributed by atoms with Gasteiger partial charge in [0.05, 0.1) is 0 Å². The van der Waals surface area contributed by atoms with Gasteiger partial charge in [0.15, 0.2) is 0 Å². The molecule has 0 atom stereocenters. The Bertz CT molecular complexity index is 272. The van der Waals surface area contributed by atoms with Gasteiger partial charge in [-0.25, -0.2) is 4.99 Å². The summed E-state index contributed by atoms with van der Waals surface area (Å²) in [4.78, 5) is 4.13. The molecule has 0 bridgehead atoms. The van der Waals surface area contributed by atoms with Crippen molar-refractivity contribution in [2.75, 3.05) is 0 Å². The fraction of sp³-hybridized carbons (Fsp3) is 0.364. The molecule has 2 heteroatoms. The van der Waals surface area contributed by atoms with Crippen molar-refractivity contribution >= 4 is 6.21 Å². The molecular formula is C11H16N2. The van der Waals surface area contributed by atoms with Crippen molar-refractivity contribution in [3.8, 4) is 0 Å². The van der Waals surface area contributed by atoms with E-state index < -0.39 is 0 Å². The van der Waals surface area contributed by atoms with Crippen LogP contribution in [0.2, 0.25) is 0 Å². The lowest BCUT2D eigenvalue weighted by molar-refractivity contribution is 0.819. The van der Waals surface area contributed by atoms with Crippen LogP contribution in [0.5, 0.6) is 0 Å². The Kier molecular flexibility index (Phi) is 3.50. The van der Waals surface area contributed by atoms with E-state index in [0.29, 0.717) is 0 Å². The summed E-state index contributed by atoms with van der Waals surface area (Å²) in [6.07, 6.45) is 7.10. The molecule has 0 spiro atoms. The Morgan fingerprint density at radius 2 is 2.38 bits per heavy atom. The lowest BCUT2D eigenvalue weighted by Crippen LogP contribution is -2.15. The smallest absolute Gasteiger partial charge is 0.122 e. The second-order valence-corrected chi connectivity index (χ2v) is 3.16. The van der Waals surface area contributed by atoms with Crippen LogP contribution in [0.1, 0.15) is 26.2 Å². The lowest BCUT2D eigenvalue weighted by Gasteiger charge is -2.14. The molecule has 70 valence electrons. The molecule has 0 aromatic carbocycles. The SMILES string of the molecule is C=CCCCC1=C(C)NC(=C)N=C1. The van der Waals surface area contributed by atoms with E-state index in [9.17, 15) is 0 Å². The zero-order valence-electron chi connectivity index (χ0n) is 8.14. The van der Waals surface area contributed by atoms with Crippen molar-refractivity contribution in [2.24, 2.45) is 4.99 Å². The van der Waals surface area contributed by atoms with Crippen LogP contribution < -0.4 is 5.32 Å². The number of unbranched alkanes of at least 4 members (excludes halogenated alkanes) is 1. The Morgan fingerprint density at radius 3 is 3.00 bits per heavy atom. The van der Waals surface area contributed by atoms with E-state index >= 15 is 0 Å². The monoisotopic (exact) mass is 176 g/mol. The minimum atomic E-state index is 0.727. The van der Waals surface area contributed by atoms with E-state index in [0.717, 1.165) is 25.1 Å². The van der Waals surface area contributed by atoms with Gasteiger partial charge < -0.3 is 5.32 Å². The van der Waals surface area contributed by atoms with E-state index in [2.05, 4.69) is 30.4 Å². The molecule has 0 aromatic rings. The molecule has 0 saturated carbocycles. The van der Waals surface area contributed by atoms with E-state index in [-0.39, 0.29) is 0 Å². The number of hydrogen-bond acceptors (Lipinski definition) is 2. The summed E-state index contributed by atoms with van der Waals surface area (Å²) >= 11 is 0. The first-order valence-electron chi connectivity index (χ1n) is 4.54. The molecule has 13 heavy (non-hydrogen) atoms. The normalized spacial score (nSPS) is 15.9. The van der Waals surface area contributed by atoms with Crippen molar-refractivity contribution < 1.29 is 0 Å². The first-order valence-corrected chi connectivity index (χ1v) is 4.54. The second-order valence-electron chi connectivity index (χ2n) is 3.16. The lowest BCUT2D eigenvalue weighted by atomic mass is 10.1. The Morgan fingerprint density at radius 1 is 1.62 bits per heavy atom. The van der Waals surface area contributed by atoms with Crippen LogP contribution in [0.25, 0.3) is 0 Å². The van der Waals surface area contributed by atoms with Crippen LogP contribution in [-0.2, 0) is 0 Å². The van der Waals surface area contributed by atoms with Crippen molar-refractivity contribution in [3.05, 3.63) is 36.3 Å². The summed E-state index contributed by atoms with van der Waals surface area (Å²) in [5.41, 5.74) is 2.44. The Balaban J connectivity index is 2.49. The third-order valence-corrected chi connectivity index (χ3v) is 2.04. The molecule has 0 radical (unpaired) electrons. The third kappa shape index (κ3) is 2.90. The molecular weight excluding hydrogens is 160 g/mol. The van der Waals surface area contributed by atoms with Gasteiger partial charge in [-0.1, -0.05) is 12.7 Å². The summed E-state index contributed by atoms with van der Waals surface area (Å²) in [6.45, 7) is 9.49. The van der Waals surface area contributed by atoms with E-state index in [1.807, 2.05) is 12.3 Å². The maximum absolute atomic E-state index is 4.13. The highest BCUT2D eigenvalue weighted by molar-refractivity contribution is 5.81. The van der Waals surface area contributed by atoms with E-state index in [1.165, 1.54) is 11.3 Å². The summed E-state index contributed by atoms with van der Waals surface area (Å²) in [6, 6.07) is 0. The molecule has 0 fully saturated rings. The first-order chi connectivity index (χ1) is 6.24. The molecule has 2 nitrogen and oxygen atoms in total. The largest absolute Gasteiger partial charge is 0.344 e. The summed E-state index contributed by atoms with van der Waals surface area (Å²) < 4.78 is 0. The first kappa shape index (κ1) is 9.78. The number of hydrogen-bond donors (Lipinski definition) is 1. The van der Waals surface area contributed by atoms with Gasteiger partial charge in [0.25, 0.3) is 0 Å². The van der Waals surface area contributed by atoms with Crippen LogP contribution in [0.15, 0.2) is 41.3 Å². The van der Waals surface area contributed by atoms with Crippen LogP contribution in [0.4, 0.5) is 0 Å². The van der Waals surface area contributed by atoms with Crippen molar-refractivity contribution in [2.45, 2.75) is 26.2 Å². The Labute approximate surface area is 79.8 Å².